The fraction of sp³-hybridized carbons (Fsp3) is 0.364. The van der Waals surface area contributed by atoms with Gasteiger partial charge in [-0.2, -0.15) is 0 Å². The van der Waals surface area contributed by atoms with E-state index in [0.29, 0.717) is 5.56 Å². The fourth-order valence-electron chi connectivity index (χ4n) is 1.09. The second-order valence-corrected chi connectivity index (χ2v) is 4.02. The van der Waals surface area contributed by atoms with Crippen LogP contribution in [0.3, 0.4) is 0 Å². The minimum Gasteiger partial charge on any atom is -0.350 e. The van der Waals surface area contributed by atoms with Gasteiger partial charge in [0, 0.05) is 16.9 Å². The zero-order chi connectivity index (χ0) is 10.6. The number of rotatable bonds is 3. The molecule has 0 bridgehead atoms. The van der Waals surface area contributed by atoms with Crippen molar-refractivity contribution < 1.29 is 4.79 Å². The van der Waals surface area contributed by atoms with Crippen LogP contribution in [0.15, 0.2) is 24.3 Å². The van der Waals surface area contributed by atoms with Crippen molar-refractivity contribution in [2.24, 2.45) is 0 Å². The first-order valence-corrected chi connectivity index (χ1v) is 5.71. The molecule has 0 aliphatic carbocycles. The molecule has 1 amide bonds. The third kappa shape index (κ3) is 3.14. The molecule has 2 nitrogen and oxygen atoms in total. The Balaban J connectivity index is 2.71. The van der Waals surface area contributed by atoms with E-state index in [9.17, 15) is 4.79 Å². The molecule has 0 saturated heterocycles. The smallest absolute Gasteiger partial charge is 0.251 e. The summed E-state index contributed by atoms with van der Waals surface area (Å²) in [6, 6.07) is 7.76. The molecule has 0 atom stereocenters. The molecule has 0 fully saturated rings. The number of nitrogens with one attached hydrogen (secondary N) is 1. The lowest BCUT2D eigenvalue weighted by molar-refractivity contribution is 0.0943. The highest BCUT2D eigenvalue weighted by Crippen LogP contribution is 2.07. The lowest BCUT2D eigenvalue weighted by atomic mass is 10.1. The molecular weight excluding hydrogens is 242 g/mol. The molecule has 14 heavy (non-hydrogen) atoms. The average Bonchev–Trinajstić information content (AvgIpc) is 2.17. The van der Waals surface area contributed by atoms with Crippen molar-refractivity contribution in [3.8, 4) is 0 Å². The molecule has 0 saturated carbocycles. The predicted molar refractivity (Wildman–Crippen MR) is 61.7 cm³/mol. The standard InChI is InChI=1S/C11H14BrNO/c1-8(2)13-11(14)10-5-3-9(7-12)4-6-10/h3-6,8H,7H2,1-2H3,(H,13,14). The fourth-order valence-corrected chi connectivity index (χ4v) is 1.46. The Morgan fingerprint density at radius 1 is 1.36 bits per heavy atom. The van der Waals surface area contributed by atoms with Gasteiger partial charge in [0.1, 0.15) is 0 Å². The van der Waals surface area contributed by atoms with Crippen molar-refractivity contribution in [2.75, 3.05) is 0 Å². The summed E-state index contributed by atoms with van der Waals surface area (Å²) in [7, 11) is 0. The largest absolute Gasteiger partial charge is 0.350 e. The van der Waals surface area contributed by atoms with Crippen LogP contribution in [0, 0.1) is 0 Å². The quantitative estimate of drug-likeness (QED) is 0.828. The van der Waals surface area contributed by atoms with Crippen LogP contribution in [0.1, 0.15) is 29.8 Å². The molecule has 1 rings (SSSR count). The van der Waals surface area contributed by atoms with Crippen LogP contribution >= 0.6 is 15.9 Å². The summed E-state index contributed by atoms with van der Waals surface area (Å²) in [5.74, 6) is -0.0128. The summed E-state index contributed by atoms with van der Waals surface area (Å²) in [6.45, 7) is 3.90. The van der Waals surface area contributed by atoms with E-state index in [2.05, 4.69) is 21.2 Å². The summed E-state index contributed by atoms with van der Waals surface area (Å²) in [5.41, 5.74) is 1.88. The minimum absolute atomic E-state index is 0.0128. The van der Waals surface area contributed by atoms with Crippen molar-refractivity contribution >= 4 is 21.8 Å². The van der Waals surface area contributed by atoms with Crippen molar-refractivity contribution in [3.05, 3.63) is 35.4 Å². The minimum atomic E-state index is -0.0128. The molecular formula is C11H14BrNO. The van der Waals surface area contributed by atoms with E-state index in [1.54, 1.807) is 0 Å². The Morgan fingerprint density at radius 3 is 2.36 bits per heavy atom. The Bertz CT molecular complexity index is 306. The van der Waals surface area contributed by atoms with Crippen LogP contribution in [-0.4, -0.2) is 11.9 Å². The number of alkyl halides is 1. The molecule has 1 aromatic rings. The van der Waals surface area contributed by atoms with Gasteiger partial charge in [0.2, 0.25) is 0 Å². The monoisotopic (exact) mass is 255 g/mol. The van der Waals surface area contributed by atoms with Crippen molar-refractivity contribution in [1.29, 1.82) is 0 Å². The number of amides is 1. The van der Waals surface area contributed by atoms with Crippen LogP contribution in [0.5, 0.6) is 0 Å². The number of hydrogen-bond acceptors (Lipinski definition) is 1. The summed E-state index contributed by atoms with van der Waals surface area (Å²) >= 11 is 3.36. The maximum atomic E-state index is 11.5. The summed E-state index contributed by atoms with van der Waals surface area (Å²) in [4.78, 5) is 11.5. The average molecular weight is 256 g/mol. The lowest BCUT2D eigenvalue weighted by Crippen LogP contribution is -2.29. The van der Waals surface area contributed by atoms with Gasteiger partial charge in [0.25, 0.3) is 5.91 Å². The highest BCUT2D eigenvalue weighted by molar-refractivity contribution is 9.08. The number of carbonyl (C=O) groups is 1. The second kappa shape index (κ2) is 5.15. The van der Waals surface area contributed by atoms with Gasteiger partial charge in [-0.05, 0) is 31.5 Å². The number of halogens is 1. The van der Waals surface area contributed by atoms with Crippen molar-refractivity contribution in [1.82, 2.24) is 5.32 Å². The van der Waals surface area contributed by atoms with Crippen molar-refractivity contribution in [2.45, 2.75) is 25.2 Å². The predicted octanol–water partition coefficient (Wildman–Crippen LogP) is 2.72. The SMILES string of the molecule is CC(C)NC(=O)c1ccc(CBr)cc1. The van der Waals surface area contributed by atoms with E-state index in [-0.39, 0.29) is 11.9 Å². The number of carbonyl (C=O) groups excluding carboxylic acids is 1. The molecule has 0 spiro atoms. The summed E-state index contributed by atoms with van der Waals surface area (Å²) < 4.78 is 0. The van der Waals surface area contributed by atoms with Crippen LogP contribution in [-0.2, 0) is 5.33 Å². The molecule has 0 aromatic heterocycles. The lowest BCUT2D eigenvalue weighted by Gasteiger charge is -2.08. The maximum Gasteiger partial charge on any atom is 0.251 e. The van der Waals surface area contributed by atoms with E-state index < -0.39 is 0 Å². The molecule has 0 aliphatic rings. The van der Waals surface area contributed by atoms with Gasteiger partial charge in [-0.3, -0.25) is 4.79 Å². The maximum absolute atomic E-state index is 11.5. The molecule has 0 aliphatic heterocycles. The number of benzene rings is 1. The summed E-state index contributed by atoms with van der Waals surface area (Å²) in [6.07, 6.45) is 0. The molecule has 1 aromatic carbocycles. The van der Waals surface area contributed by atoms with Crippen LogP contribution in [0.4, 0.5) is 0 Å². The Kier molecular flexibility index (Phi) is 4.14. The zero-order valence-electron chi connectivity index (χ0n) is 8.38. The topological polar surface area (TPSA) is 29.1 Å². The Morgan fingerprint density at radius 2 is 1.93 bits per heavy atom. The first-order chi connectivity index (χ1) is 6.63. The van der Waals surface area contributed by atoms with Gasteiger partial charge >= 0.3 is 0 Å². The molecule has 3 heteroatoms. The van der Waals surface area contributed by atoms with E-state index in [0.717, 1.165) is 5.33 Å². The van der Waals surface area contributed by atoms with Gasteiger partial charge in [0.05, 0.1) is 0 Å². The molecule has 0 heterocycles. The first kappa shape index (κ1) is 11.2. The molecule has 0 unspecified atom stereocenters. The number of hydrogen-bond donors (Lipinski definition) is 1. The molecule has 0 radical (unpaired) electrons. The normalized spacial score (nSPS) is 10.3. The van der Waals surface area contributed by atoms with Crippen LogP contribution in [0.25, 0.3) is 0 Å². The van der Waals surface area contributed by atoms with Gasteiger partial charge in [-0.15, -0.1) is 0 Å². The summed E-state index contributed by atoms with van der Waals surface area (Å²) in [5, 5.41) is 3.66. The van der Waals surface area contributed by atoms with E-state index in [4.69, 9.17) is 0 Å². The van der Waals surface area contributed by atoms with Gasteiger partial charge < -0.3 is 5.32 Å². The third-order valence-electron chi connectivity index (χ3n) is 1.79. The van der Waals surface area contributed by atoms with Gasteiger partial charge in [-0.1, -0.05) is 28.1 Å². The first-order valence-electron chi connectivity index (χ1n) is 4.59. The van der Waals surface area contributed by atoms with E-state index >= 15 is 0 Å². The highest BCUT2D eigenvalue weighted by Gasteiger charge is 2.05. The molecule has 1 N–H and O–H groups in total. The van der Waals surface area contributed by atoms with Crippen molar-refractivity contribution in [3.63, 3.8) is 0 Å². The Hall–Kier alpha value is -0.830. The van der Waals surface area contributed by atoms with E-state index in [1.165, 1.54) is 5.56 Å². The highest BCUT2D eigenvalue weighted by atomic mass is 79.9. The van der Waals surface area contributed by atoms with Crippen LogP contribution < -0.4 is 5.32 Å². The zero-order valence-corrected chi connectivity index (χ0v) is 9.97. The molecule has 76 valence electrons. The van der Waals surface area contributed by atoms with Gasteiger partial charge in [-0.25, -0.2) is 0 Å². The Labute approximate surface area is 92.8 Å². The van der Waals surface area contributed by atoms with E-state index in [1.807, 2.05) is 38.1 Å². The van der Waals surface area contributed by atoms with Crippen LogP contribution in [0.2, 0.25) is 0 Å². The second-order valence-electron chi connectivity index (χ2n) is 3.46. The van der Waals surface area contributed by atoms with Gasteiger partial charge in [0.15, 0.2) is 0 Å². The third-order valence-corrected chi connectivity index (χ3v) is 2.44.